The maximum atomic E-state index is 10.9. The molecule has 0 radical (unpaired) electrons. The normalized spacial score (nSPS) is 20.8. The highest BCUT2D eigenvalue weighted by Crippen LogP contribution is 2.16. The molecule has 0 amide bonds. The van der Waals surface area contributed by atoms with Crippen LogP contribution >= 0.6 is 0 Å². The minimum absolute atomic E-state index is 0.0594. The zero-order valence-corrected chi connectivity index (χ0v) is 7.64. The van der Waals surface area contributed by atoms with Crippen molar-refractivity contribution in [2.75, 3.05) is 33.4 Å². The van der Waals surface area contributed by atoms with Crippen molar-refractivity contribution >= 4 is 5.97 Å². The summed E-state index contributed by atoms with van der Waals surface area (Å²) in [6.45, 7) is 1.41. The molecule has 1 unspecified atom stereocenters. The summed E-state index contributed by atoms with van der Waals surface area (Å²) in [4.78, 5) is 12.8. The summed E-state index contributed by atoms with van der Waals surface area (Å²) in [6.07, 6.45) is -0.710. The third-order valence-electron chi connectivity index (χ3n) is 2.17. The third-order valence-corrected chi connectivity index (χ3v) is 2.17. The molecule has 13 heavy (non-hydrogen) atoms. The number of ether oxygens (including phenoxy) is 1. The monoisotopic (exact) mass is 189 g/mol. The fourth-order valence-electron chi connectivity index (χ4n) is 1.39. The minimum Gasteiger partial charge on any atom is -0.469 e. The van der Waals surface area contributed by atoms with Crippen LogP contribution in [0.25, 0.3) is 0 Å². The number of methoxy groups -OCH3 is 1. The summed E-state index contributed by atoms with van der Waals surface area (Å²) in [5.41, 5.74) is 0. The molecule has 5 heteroatoms. The van der Waals surface area contributed by atoms with Crippen LogP contribution in [-0.2, 0) is 9.53 Å². The summed E-state index contributed by atoms with van der Waals surface area (Å²) in [6, 6.07) is 0. The van der Waals surface area contributed by atoms with Gasteiger partial charge >= 0.3 is 5.97 Å². The number of aliphatic hydroxyl groups excluding tert-OH is 2. The SMILES string of the molecule is COC(=O)C1CN(CC(O)CO)C1. The fourth-order valence-corrected chi connectivity index (χ4v) is 1.39. The van der Waals surface area contributed by atoms with E-state index in [0.29, 0.717) is 19.6 Å². The van der Waals surface area contributed by atoms with E-state index < -0.39 is 6.10 Å². The van der Waals surface area contributed by atoms with Gasteiger partial charge in [-0.05, 0) is 0 Å². The lowest BCUT2D eigenvalue weighted by Gasteiger charge is -2.38. The molecule has 0 aromatic carbocycles. The van der Waals surface area contributed by atoms with Gasteiger partial charge in [0.15, 0.2) is 0 Å². The summed E-state index contributed by atoms with van der Waals surface area (Å²) in [5, 5.41) is 17.6. The largest absolute Gasteiger partial charge is 0.469 e. The van der Waals surface area contributed by atoms with Gasteiger partial charge in [0.25, 0.3) is 0 Å². The molecular weight excluding hydrogens is 174 g/mol. The van der Waals surface area contributed by atoms with Crippen LogP contribution in [0.5, 0.6) is 0 Å². The van der Waals surface area contributed by atoms with E-state index in [0.717, 1.165) is 0 Å². The van der Waals surface area contributed by atoms with Crippen molar-refractivity contribution < 1.29 is 19.7 Å². The average molecular weight is 189 g/mol. The average Bonchev–Trinajstić information content (AvgIpc) is 2.08. The van der Waals surface area contributed by atoms with Gasteiger partial charge < -0.3 is 14.9 Å². The van der Waals surface area contributed by atoms with Crippen LogP contribution in [0.15, 0.2) is 0 Å². The molecule has 0 aliphatic carbocycles. The number of hydrogen-bond acceptors (Lipinski definition) is 5. The first-order valence-electron chi connectivity index (χ1n) is 4.26. The van der Waals surface area contributed by atoms with E-state index in [4.69, 9.17) is 10.2 Å². The Morgan fingerprint density at radius 3 is 2.77 bits per heavy atom. The predicted octanol–water partition coefficient (Wildman–Crippen LogP) is -1.56. The molecule has 1 rings (SSSR count). The summed E-state index contributed by atoms with van der Waals surface area (Å²) >= 11 is 0. The zero-order chi connectivity index (χ0) is 9.84. The van der Waals surface area contributed by atoms with Gasteiger partial charge in [0.05, 0.1) is 25.7 Å². The highest BCUT2D eigenvalue weighted by Gasteiger charge is 2.33. The molecule has 5 nitrogen and oxygen atoms in total. The maximum absolute atomic E-state index is 10.9. The maximum Gasteiger partial charge on any atom is 0.311 e. The van der Waals surface area contributed by atoms with Crippen molar-refractivity contribution in [1.29, 1.82) is 0 Å². The Morgan fingerprint density at radius 2 is 2.31 bits per heavy atom. The predicted molar refractivity (Wildman–Crippen MR) is 45.0 cm³/mol. The van der Waals surface area contributed by atoms with Crippen LogP contribution in [0.4, 0.5) is 0 Å². The van der Waals surface area contributed by atoms with Gasteiger partial charge in [0.2, 0.25) is 0 Å². The minimum atomic E-state index is -0.710. The molecule has 0 bridgehead atoms. The number of hydrogen-bond donors (Lipinski definition) is 2. The number of esters is 1. The van der Waals surface area contributed by atoms with Crippen LogP contribution in [0.3, 0.4) is 0 Å². The third kappa shape index (κ3) is 2.65. The van der Waals surface area contributed by atoms with Gasteiger partial charge in [-0.2, -0.15) is 0 Å². The highest BCUT2D eigenvalue weighted by molar-refractivity contribution is 5.73. The van der Waals surface area contributed by atoms with Gasteiger partial charge in [-0.1, -0.05) is 0 Å². The van der Waals surface area contributed by atoms with Crippen LogP contribution in [-0.4, -0.2) is 60.5 Å². The molecule has 2 N–H and O–H groups in total. The zero-order valence-electron chi connectivity index (χ0n) is 7.64. The standard InChI is InChI=1S/C8H15NO4/c1-13-8(12)6-2-9(3-6)4-7(11)5-10/h6-7,10-11H,2-5H2,1H3. The van der Waals surface area contributed by atoms with E-state index >= 15 is 0 Å². The van der Waals surface area contributed by atoms with Gasteiger partial charge in [0, 0.05) is 19.6 Å². The Labute approximate surface area is 76.9 Å². The van der Waals surface area contributed by atoms with Crippen LogP contribution in [0, 0.1) is 5.92 Å². The fraction of sp³-hybridized carbons (Fsp3) is 0.875. The smallest absolute Gasteiger partial charge is 0.311 e. The van der Waals surface area contributed by atoms with E-state index in [1.54, 1.807) is 0 Å². The van der Waals surface area contributed by atoms with Crippen molar-refractivity contribution in [1.82, 2.24) is 4.90 Å². The molecular formula is C8H15NO4. The van der Waals surface area contributed by atoms with Crippen molar-refractivity contribution in [3.63, 3.8) is 0 Å². The molecule has 0 aromatic rings. The molecule has 0 saturated carbocycles. The van der Waals surface area contributed by atoms with E-state index in [1.807, 2.05) is 4.90 Å². The summed E-state index contributed by atoms with van der Waals surface area (Å²) in [5.74, 6) is -0.259. The van der Waals surface area contributed by atoms with Gasteiger partial charge in [0.1, 0.15) is 0 Å². The number of nitrogens with zero attached hydrogens (tertiary/aromatic N) is 1. The number of β-amino-alcohol motifs (C(OH)–C–C–N with tert-alkyl or cyclic N) is 1. The molecule has 1 saturated heterocycles. The Balaban J connectivity index is 2.15. The molecule has 1 aliphatic rings. The van der Waals surface area contributed by atoms with Gasteiger partial charge in [-0.15, -0.1) is 0 Å². The van der Waals surface area contributed by atoms with E-state index in [2.05, 4.69) is 4.74 Å². The Bertz CT molecular complexity index is 179. The summed E-state index contributed by atoms with van der Waals surface area (Å²) < 4.78 is 4.56. The first-order valence-corrected chi connectivity index (χ1v) is 4.26. The van der Waals surface area contributed by atoms with Crippen molar-refractivity contribution in [2.24, 2.45) is 5.92 Å². The van der Waals surface area contributed by atoms with Crippen molar-refractivity contribution in [3.05, 3.63) is 0 Å². The molecule has 0 spiro atoms. The van der Waals surface area contributed by atoms with Gasteiger partial charge in [-0.25, -0.2) is 0 Å². The lowest BCUT2D eigenvalue weighted by atomic mass is 10.00. The summed E-state index contributed by atoms with van der Waals surface area (Å²) in [7, 11) is 1.37. The van der Waals surface area contributed by atoms with Crippen molar-refractivity contribution in [3.8, 4) is 0 Å². The molecule has 1 fully saturated rings. The Kier molecular flexibility index (Phi) is 3.65. The second-order valence-electron chi connectivity index (χ2n) is 3.28. The van der Waals surface area contributed by atoms with Crippen LogP contribution in [0.2, 0.25) is 0 Å². The first-order chi connectivity index (χ1) is 6.17. The second-order valence-corrected chi connectivity index (χ2v) is 3.28. The van der Waals surface area contributed by atoms with Crippen molar-refractivity contribution in [2.45, 2.75) is 6.10 Å². The van der Waals surface area contributed by atoms with E-state index in [9.17, 15) is 4.79 Å². The van der Waals surface area contributed by atoms with E-state index in [-0.39, 0.29) is 18.5 Å². The Hall–Kier alpha value is -0.650. The van der Waals surface area contributed by atoms with E-state index in [1.165, 1.54) is 7.11 Å². The molecule has 1 atom stereocenters. The second kappa shape index (κ2) is 4.55. The number of aliphatic hydroxyl groups is 2. The number of carbonyl (C=O) groups is 1. The topological polar surface area (TPSA) is 70.0 Å². The van der Waals surface area contributed by atoms with Gasteiger partial charge in [-0.3, -0.25) is 9.69 Å². The van der Waals surface area contributed by atoms with Crippen LogP contribution in [0.1, 0.15) is 0 Å². The quantitative estimate of drug-likeness (QED) is 0.524. The first kappa shape index (κ1) is 10.4. The lowest BCUT2D eigenvalue weighted by molar-refractivity contribution is -0.152. The number of rotatable bonds is 4. The number of carbonyl (C=O) groups excluding carboxylic acids is 1. The molecule has 1 aliphatic heterocycles. The highest BCUT2D eigenvalue weighted by atomic mass is 16.5. The molecule has 76 valence electrons. The molecule has 0 aromatic heterocycles. The lowest BCUT2D eigenvalue weighted by Crippen LogP contribution is -2.53. The number of likely N-dealkylation sites (tertiary alicyclic amines) is 1. The molecule has 1 heterocycles. The Morgan fingerprint density at radius 1 is 1.69 bits per heavy atom. The van der Waals surface area contributed by atoms with Crippen LogP contribution < -0.4 is 0 Å².